The van der Waals surface area contributed by atoms with Crippen LogP contribution in [0.1, 0.15) is 27.7 Å². The largest absolute Gasteiger partial charge is 0.324 e. The Balaban J connectivity index is 2.78. The number of anilines is 1. The van der Waals surface area contributed by atoms with Crippen LogP contribution in [0.15, 0.2) is 29.2 Å². The molecule has 0 bridgehead atoms. The van der Waals surface area contributed by atoms with E-state index in [1.807, 2.05) is 0 Å². The van der Waals surface area contributed by atoms with Crippen molar-refractivity contribution in [3.05, 3.63) is 24.3 Å². The van der Waals surface area contributed by atoms with Crippen molar-refractivity contribution in [3.63, 3.8) is 0 Å². The fourth-order valence-corrected chi connectivity index (χ4v) is 3.33. The van der Waals surface area contributed by atoms with Gasteiger partial charge in [0, 0.05) is 12.2 Å². The van der Waals surface area contributed by atoms with Gasteiger partial charge in [0.1, 0.15) is 0 Å². The van der Waals surface area contributed by atoms with E-state index in [1.165, 1.54) is 12.1 Å². The van der Waals surface area contributed by atoms with Crippen LogP contribution in [0.4, 0.5) is 5.69 Å². The normalized spacial score (nSPS) is 12.4. The molecule has 0 aromatic heterocycles. The van der Waals surface area contributed by atoms with Gasteiger partial charge in [0.2, 0.25) is 10.0 Å². The van der Waals surface area contributed by atoms with Gasteiger partial charge < -0.3 is 5.43 Å². The Hall–Kier alpha value is -1.11. The Morgan fingerprint density at radius 2 is 1.55 bits per heavy atom. The first kappa shape index (κ1) is 16.9. The zero-order valence-corrected chi connectivity index (χ0v) is 13.4. The molecule has 1 aromatic carbocycles. The van der Waals surface area contributed by atoms with Gasteiger partial charge in [-0.3, -0.25) is 5.84 Å². The number of nitrogens with one attached hydrogen (secondary N) is 2. The number of hydrogen-bond donors (Lipinski definition) is 3. The predicted octanol–water partition coefficient (Wildman–Crippen LogP) is 2.18. The summed E-state index contributed by atoms with van der Waals surface area (Å²) in [4.78, 5) is 0.253. The molecule has 0 radical (unpaired) electrons. The van der Waals surface area contributed by atoms with Gasteiger partial charge in [-0.25, -0.2) is 13.1 Å². The number of rotatable bonds is 7. The van der Waals surface area contributed by atoms with Gasteiger partial charge in [-0.1, -0.05) is 27.7 Å². The van der Waals surface area contributed by atoms with Crippen molar-refractivity contribution in [2.24, 2.45) is 23.6 Å². The molecule has 0 aliphatic rings. The summed E-state index contributed by atoms with van der Waals surface area (Å²) in [5, 5.41) is 0. The molecule has 0 saturated carbocycles. The summed E-state index contributed by atoms with van der Waals surface area (Å²) in [5.74, 6) is 6.44. The second-order valence-corrected chi connectivity index (χ2v) is 7.44. The van der Waals surface area contributed by atoms with Crippen LogP contribution in [-0.2, 0) is 10.0 Å². The lowest BCUT2D eigenvalue weighted by atomic mass is 9.86. The van der Waals surface area contributed by atoms with E-state index in [0.29, 0.717) is 30.0 Å². The Kier molecular flexibility index (Phi) is 5.98. The third-order valence-electron chi connectivity index (χ3n) is 3.55. The second kappa shape index (κ2) is 7.06. The molecular formula is C14H25N3O2S. The lowest BCUT2D eigenvalue weighted by Crippen LogP contribution is -2.33. The van der Waals surface area contributed by atoms with Gasteiger partial charge >= 0.3 is 0 Å². The van der Waals surface area contributed by atoms with Crippen molar-refractivity contribution in [2.75, 3.05) is 12.0 Å². The van der Waals surface area contributed by atoms with E-state index < -0.39 is 10.0 Å². The topological polar surface area (TPSA) is 84.2 Å². The van der Waals surface area contributed by atoms with Crippen molar-refractivity contribution < 1.29 is 8.42 Å². The minimum absolute atomic E-state index is 0.253. The highest BCUT2D eigenvalue weighted by Crippen LogP contribution is 2.20. The smallest absolute Gasteiger partial charge is 0.240 e. The van der Waals surface area contributed by atoms with Crippen LogP contribution in [-0.4, -0.2) is 15.0 Å². The average molecular weight is 299 g/mol. The fourth-order valence-electron chi connectivity index (χ4n) is 2.26. The maximum absolute atomic E-state index is 12.2. The maximum Gasteiger partial charge on any atom is 0.240 e. The van der Waals surface area contributed by atoms with E-state index in [0.717, 1.165) is 0 Å². The summed E-state index contributed by atoms with van der Waals surface area (Å²) in [7, 11) is -3.47. The van der Waals surface area contributed by atoms with Gasteiger partial charge in [0.15, 0.2) is 0 Å². The number of nitrogens with two attached hydrogens (primary N) is 1. The van der Waals surface area contributed by atoms with E-state index in [4.69, 9.17) is 5.84 Å². The van der Waals surface area contributed by atoms with Crippen LogP contribution in [0.25, 0.3) is 0 Å². The SMILES string of the molecule is CC(C)C(CNS(=O)(=O)c1ccc(NN)cc1)C(C)C. The summed E-state index contributed by atoms with van der Waals surface area (Å²) in [5.41, 5.74) is 3.14. The van der Waals surface area contributed by atoms with Crippen molar-refractivity contribution in [1.82, 2.24) is 4.72 Å². The van der Waals surface area contributed by atoms with E-state index in [2.05, 4.69) is 37.8 Å². The van der Waals surface area contributed by atoms with Crippen molar-refractivity contribution >= 4 is 15.7 Å². The Morgan fingerprint density at radius 3 is 1.95 bits per heavy atom. The predicted molar refractivity (Wildman–Crippen MR) is 82.6 cm³/mol. The van der Waals surface area contributed by atoms with Crippen LogP contribution in [0, 0.1) is 17.8 Å². The molecule has 20 heavy (non-hydrogen) atoms. The summed E-state index contributed by atoms with van der Waals surface area (Å²) >= 11 is 0. The molecule has 0 amide bonds. The summed E-state index contributed by atoms with van der Waals surface area (Å²) in [6.45, 7) is 8.90. The van der Waals surface area contributed by atoms with E-state index in [-0.39, 0.29) is 4.90 Å². The van der Waals surface area contributed by atoms with Gasteiger partial charge in [-0.2, -0.15) is 0 Å². The van der Waals surface area contributed by atoms with Crippen LogP contribution < -0.4 is 16.0 Å². The standard InChI is InChI=1S/C14H25N3O2S/c1-10(2)14(11(3)4)9-16-20(18,19)13-7-5-12(17-15)6-8-13/h5-8,10-11,14,16-17H,9,15H2,1-4H3. The first-order chi connectivity index (χ1) is 9.27. The molecule has 0 unspecified atom stereocenters. The number of hydrazine groups is 1. The zero-order chi connectivity index (χ0) is 15.3. The Morgan fingerprint density at radius 1 is 1.05 bits per heavy atom. The van der Waals surface area contributed by atoms with E-state index >= 15 is 0 Å². The number of benzene rings is 1. The molecule has 0 heterocycles. The highest BCUT2D eigenvalue weighted by molar-refractivity contribution is 7.89. The van der Waals surface area contributed by atoms with Gasteiger partial charge in [-0.05, 0) is 42.0 Å². The first-order valence-electron chi connectivity index (χ1n) is 6.84. The molecule has 0 fully saturated rings. The quantitative estimate of drug-likeness (QED) is 0.532. The molecule has 0 spiro atoms. The van der Waals surface area contributed by atoms with Gasteiger partial charge in [0.05, 0.1) is 4.90 Å². The summed E-state index contributed by atoms with van der Waals surface area (Å²) in [6, 6.07) is 6.35. The van der Waals surface area contributed by atoms with Gasteiger partial charge in [-0.15, -0.1) is 0 Å². The molecule has 1 aromatic rings. The van der Waals surface area contributed by atoms with Crippen LogP contribution in [0.3, 0.4) is 0 Å². The summed E-state index contributed by atoms with van der Waals surface area (Å²) < 4.78 is 27.1. The third kappa shape index (κ3) is 4.47. The molecule has 0 aliphatic carbocycles. The van der Waals surface area contributed by atoms with Crippen LogP contribution >= 0.6 is 0 Å². The van der Waals surface area contributed by atoms with Crippen LogP contribution in [0.2, 0.25) is 0 Å². The Bertz CT molecular complexity index is 502. The minimum atomic E-state index is -3.47. The number of nitrogen functional groups attached to an aromatic ring is 1. The summed E-state index contributed by atoms with van der Waals surface area (Å²) in [6.07, 6.45) is 0. The molecule has 1 rings (SSSR count). The molecule has 114 valence electrons. The average Bonchev–Trinajstić information content (AvgIpc) is 2.38. The minimum Gasteiger partial charge on any atom is -0.324 e. The monoisotopic (exact) mass is 299 g/mol. The zero-order valence-electron chi connectivity index (χ0n) is 12.6. The first-order valence-corrected chi connectivity index (χ1v) is 8.32. The molecule has 0 atom stereocenters. The van der Waals surface area contributed by atoms with Crippen molar-refractivity contribution in [3.8, 4) is 0 Å². The maximum atomic E-state index is 12.2. The molecular weight excluding hydrogens is 274 g/mol. The van der Waals surface area contributed by atoms with Crippen molar-refractivity contribution in [2.45, 2.75) is 32.6 Å². The second-order valence-electron chi connectivity index (χ2n) is 5.67. The van der Waals surface area contributed by atoms with E-state index in [9.17, 15) is 8.42 Å². The van der Waals surface area contributed by atoms with Crippen LogP contribution in [0.5, 0.6) is 0 Å². The fraction of sp³-hybridized carbons (Fsp3) is 0.571. The van der Waals surface area contributed by atoms with Crippen molar-refractivity contribution in [1.29, 1.82) is 0 Å². The molecule has 4 N–H and O–H groups in total. The highest BCUT2D eigenvalue weighted by Gasteiger charge is 2.21. The third-order valence-corrected chi connectivity index (χ3v) is 4.99. The number of hydrogen-bond acceptors (Lipinski definition) is 4. The molecule has 0 saturated heterocycles. The molecule has 6 heteroatoms. The lowest BCUT2D eigenvalue weighted by Gasteiger charge is -2.25. The number of sulfonamides is 1. The molecule has 0 aliphatic heterocycles. The highest BCUT2D eigenvalue weighted by atomic mass is 32.2. The van der Waals surface area contributed by atoms with E-state index in [1.54, 1.807) is 12.1 Å². The Labute approximate surface area is 122 Å². The van der Waals surface area contributed by atoms with Gasteiger partial charge in [0.25, 0.3) is 0 Å². The molecule has 5 nitrogen and oxygen atoms in total. The lowest BCUT2D eigenvalue weighted by molar-refractivity contribution is 0.289.